The van der Waals surface area contributed by atoms with E-state index in [0.717, 1.165) is 6.08 Å². The number of esters is 1. The second-order valence-corrected chi connectivity index (χ2v) is 13.0. The van der Waals surface area contributed by atoms with Crippen LogP contribution in [-0.2, 0) is 44.4 Å². The molecule has 3 fully saturated rings. The molecule has 0 spiro atoms. The smallest absolute Gasteiger partial charge is 0.331 e. The Labute approximate surface area is 302 Å². The van der Waals surface area contributed by atoms with Crippen molar-refractivity contribution in [2.45, 2.75) is 92.8 Å². The fourth-order valence-corrected chi connectivity index (χ4v) is 5.87. The molecule has 2 aromatic carbocycles. The summed E-state index contributed by atoms with van der Waals surface area (Å²) in [5.74, 6) is -2.62. The Morgan fingerprint density at radius 1 is 0.830 bits per heavy atom. The number of carbonyl (C=O) groups excluding carboxylic acids is 1. The molecule has 0 saturated carbocycles. The van der Waals surface area contributed by atoms with E-state index in [4.69, 9.17) is 33.2 Å². The van der Waals surface area contributed by atoms with Crippen LogP contribution in [0.15, 0.2) is 42.5 Å². The molecule has 2 aromatic rings. The van der Waals surface area contributed by atoms with Crippen LogP contribution in [0.5, 0.6) is 23.0 Å². The van der Waals surface area contributed by atoms with Crippen LogP contribution >= 0.6 is 0 Å². The molecule has 5 rings (SSSR count). The molecule has 13 atom stereocenters. The van der Waals surface area contributed by atoms with Gasteiger partial charge in [-0.3, -0.25) is 0 Å². The average Bonchev–Trinajstić information content (AvgIpc) is 3.42. The van der Waals surface area contributed by atoms with Gasteiger partial charge in [0.2, 0.25) is 0 Å². The largest absolute Gasteiger partial charge is 0.504 e. The second-order valence-electron chi connectivity index (χ2n) is 13.0. The van der Waals surface area contributed by atoms with E-state index in [9.17, 15) is 61.0 Å². The number of aromatic hydroxyl groups is 4. The van der Waals surface area contributed by atoms with E-state index in [1.807, 2.05) is 0 Å². The molecule has 0 aliphatic carbocycles. The number of phenolic OH excluding ortho intramolecular Hbond substituents is 4. The number of hydrogen-bond donors (Lipinski definition) is 11. The number of hydrogen-bond acceptors (Lipinski definition) is 19. The fraction of sp³-hybridized carbons (Fsp3) is 0.559. The maximum atomic E-state index is 13.2. The number of aliphatic hydroxyl groups is 7. The van der Waals surface area contributed by atoms with Crippen LogP contribution in [0.2, 0.25) is 0 Å². The first kappa shape index (κ1) is 40.5. The lowest BCUT2D eigenvalue weighted by Gasteiger charge is -2.46. The van der Waals surface area contributed by atoms with Crippen molar-refractivity contribution in [3.05, 3.63) is 53.6 Å². The number of ether oxygens (including phenoxy) is 7. The summed E-state index contributed by atoms with van der Waals surface area (Å²) in [4.78, 5) is 13.2. The molecular weight excluding hydrogens is 712 g/mol. The minimum Gasteiger partial charge on any atom is -0.504 e. The number of phenols is 4. The molecular formula is C34H44O19. The summed E-state index contributed by atoms with van der Waals surface area (Å²) in [6.07, 6.45) is -17.0. The van der Waals surface area contributed by atoms with Gasteiger partial charge in [-0.25, -0.2) is 4.79 Å². The summed E-state index contributed by atoms with van der Waals surface area (Å²) in [6, 6.07) is 7.83. The number of carbonyl (C=O) groups is 1. The fourth-order valence-electron chi connectivity index (χ4n) is 5.87. The standard InChI is InChI=1S/C34H44O19/c1-15-24(41)25(42)26(43)32(50-15)53-29-27(44)31(47-9-8-17-3-6-19(37)21(39)11-17)51-22(12-48-33-30(45)34(46,13-35)14-49-33)28(29)52-23(40)7-4-16-2-5-18(36)20(38)10-16/h2-7,10-11,15,22,24-33,35-39,41-46H,8-9,12-14H2,1H3/t15?,22?,24?,25?,26?,27?,28?,29?,30?,31?,32?,33?,34-/m1/s1. The Morgan fingerprint density at radius 2 is 1.53 bits per heavy atom. The zero-order chi connectivity index (χ0) is 38.6. The third-order valence-corrected chi connectivity index (χ3v) is 9.09. The topological polar surface area (TPSA) is 304 Å². The maximum Gasteiger partial charge on any atom is 0.331 e. The molecule has 0 bridgehead atoms. The monoisotopic (exact) mass is 756 g/mol. The summed E-state index contributed by atoms with van der Waals surface area (Å²) in [5, 5.41) is 112. The van der Waals surface area contributed by atoms with Crippen molar-refractivity contribution < 1.29 is 94.1 Å². The molecule has 3 aliphatic rings. The van der Waals surface area contributed by atoms with E-state index >= 15 is 0 Å². The minimum atomic E-state index is -2.05. The van der Waals surface area contributed by atoms with Gasteiger partial charge in [-0.1, -0.05) is 12.1 Å². The van der Waals surface area contributed by atoms with E-state index in [1.165, 1.54) is 49.4 Å². The Hall–Kier alpha value is -3.67. The third kappa shape index (κ3) is 9.35. The summed E-state index contributed by atoms with van der Waals surface area (Å²) in [7, 11) is 0. The second kappa shape index (κ2) is 17.2. The highest BCUT2D eigenvalue weighted by molar-refractivity contribution is 5.87. The third-order valence-electron chi connectivity index (χ3n) is 9.09. The highest BCUT2D eigenvalue weighted by Crippen LogP contribution is 2.34. The highest BCUT2D eigenvalue weighted by atomic mass is 16.8. The number of benzene rings is 2. The Balaban J connectivity index is 1.42. The van der Waals surface area contributed by atoms with Crippen molar-refractivity contribution in [3.63, 3.8) is 0 Å². The lowest BCUT2D eigenvalue weighted by atomic mass is 9.96. The van der Waals surface area contributed by atoms with Gasteiger partial charge >= 0.3 is 5.97 Å². The summed E-state index contributed by atoms with van der Waals surface area (Å²) >= 11 is 0. The van der Waals surface area contributed by atoms with Gasteiger partial charge in [0.25, 0.3) is 0 Å². The van der Waals surface area contributed by atoms with E-state index in [1.54, 1.807) is 0 Å². The first-order chi connectivity index (χ1) is 25.1. The molecule has 19 nitrogen and oxygen atoms in total. The van der Waals surface area contributed by atoms with Crippen molar-refractivity contribution in [1.82, 2.24) is 0 Å². The average molecular weight is 757 g/mol. The first-order valence-electron chi connectivity index (χ1n) is 16.6. The van der Waals surface area contributed by atoms with Crippen LogP contribution in [0.3, 0.4) is 0 Å². The Kier molecular flexibility index (Phi) is 13.2. The first-order valence-corrected chi connectivity index (χ1v) is 16.6. The van der Waals surface area contributed by atoms with Gasteiger partial charge < -0.3 is 89.3 Å². The molecule has 11 N–H and O–H groups in total. The van der Waals surface area contributed by atoms with E-state index < -0.39 is 117 Å². The molecule has 3 heterocycles. The highest BCUT2D eigenvalue weighted by Gasteiger charge is 2.54. The molecule has 294 valence electrons. The van der Waals surface area contributed by atoms with E-state index in [-0.39, 0.29) is 30.1 Å². The molecule has 3 aliphatic heterocycles. The van der Waals surface area contributed by atoms with Crippen molar-refractivity contribution >= 4 is 12.0 Å². The maximum absolute atomic E-state index is 13.2. The number of aliphatic hydroxyl groups excluding tert-OH is 6. The minimum absolute atomic E-state index is 0.136. The van der Waals surface area contributed by atoms with Crippen LogP contribution in [0, 0.1) is 0 Å². The molecule has 0 amide bonds. The van der Waals surface area contributed by atoms with Gasteiger partial charge in [0.15, 0.2) is 48.0 Å². The SMILES string of the molecule is CC1OC(OC2C(O)C(OCCc3ccc(O)c(O)c3)OC(COC3OC[C@](O)(CO)C3O)C2OC(=O)C=Cc2ccc(O)c(O)c2)C(O)C(O)C1O. The van der Waals surface area contributed by atoms with Crippen molar-refractivity contribution in [3.8, 4) is 23.0 Å². The van der Waals surface area contributed by atoms with Crippen molar-refractivity contribution in [2.24, 2.45) is 0 Å². The predicted octanol–water partition coefficient (Wildman–Crippen LogP) is -2.55. The molecule has 3 saturated heterocycles. The van der Waals surface area contributed by atoms with Crippen LogP contribution in [0.1, 0.15) is 18.1 Å². The van der Waals surface area contributed by atoms with Gasteiger partial charge in [-0.05, 0) is 54.8 Å². The lowest BCUT2D eigenvalue weighted by Crippen LogP contribution is -2.65. The van der Waals surface area contributed by atoms with Gasteiger partial charge in [0, 0.05) is 6.08 Å². The van der Waals surface area contributed by atoms with E-state index in [0.29, 0.717) is 5.56 Å². The lowest BCUT2D eigenvalue weighted by molar-refractivity contribution is -0.360. The zero-order valence-electron chi connectivity index (χ0n) is 28.3. The summed E-state index contributed by atoms with van der Waals surface area (Å²) in [6.45, 7) is -0.718. The predicted molar refractivity (Wildman–Crippen MR) is 174 cm³/mol. The van der Waals surface area contributed by atoms with Gasteiger partial charge in [-0.2, -0.15) is 0 Å². The van der Waals surface area contributed by atoms with Crippen LogP contribution in [-0.4, -0.2) is 168 Å². The van der Waals surface area contributed by atoms with Gasteiger partial charge in [0.1, 0.15) is 48.3 Å². The molecule has 0 aromatic heterocycles. The molecule has 12 unspecified atom stereocenters. The van der Waals surface area contributed by atoms with Crippen LogP contribution in [0.4, 0.5) is 0 Å². The zero-order valence-corrected chi connectivity index (χ0v) is 28.3. The van der Waals surface area contributed by atoms with Crippen LogP contribution in [0.25, 0.3) is 6.08 Å². The van der Waals surface area contributed by atoms with Crippen LogP contribution < -0.4 is 0 Å². The summed E-state index contributed by atoms with van der Waals surface area (Å²) in [5.41, 5.74) is -1.24. The molecule has 0 radical (unpaired) electrons. The number of rotatable bonds is 13. The summed E-state index contributed by atoms with van der Waals surface area (Å²) < 4.78 is 40.0. The van der Waals surface area contributed by atoms with Crippen molar-refractivity contribution in [2.75, 3.05) is 26.4 Å². The quantitative estimate of drug-likeness (QED) is 0.0569. The Morgan fingerprint density at radius 3 is 2.19 bits per heavy atom. The normalized spacial score (nSPS) is 36.2. The van der Waals surface area contributed by atoms with Gasteiger partial charge in [-0.15, -0.1) is 0 Å². The van der Waals surface area contributed by atoms with E-state index in [2.05, 4.69) is 0 Å². The molecule has 53 heavy (non-hydrogen) atoms. The Bertz CT molecular complexity index is 1570. The van der Waals surface area contributed by atoms with Gasteiger partial charge in [0.05, 0.1) is 32.5 Å². The van der Waals surface area contributed by atoms with Crippen molar-refractivity contribution in [1.29, 1.82) is 0 Å². The molecule has 19 heteroatoms.